The Morgan fingerprint density at radius 2 is 1.86 bits per heavy atom. The van der Waals surface area contributed by atoms with Crippen molar-refractivity contribution >= 4 is 23.4 Å². The number of esters is 1. The molecule has 1 heterocycles. The summed E-state index contributed by atoms with van der Waals surface area (Å²) in [5.41, 5.74) is 1.65. The van der Waals surface area contributed by atoms with Gasteiger partial charge in [-0.2, -0.15) is 0 Å². The SMILES string of the molecule is C=CCCC1=C2C[C@@H](C)C[C@H](OC)[C@H](O)[C@@H](C)/C=C(\C)[C@H](OC(C)=O)[C@@H](OC)/C=C\C=C(/C)C(=O)NC(=CC1=O)C2=O. The van der Waals surface area contributed by atoms with E-state index in [0.29, 0.717) is 36.0 Å². The number of hydrogen-bond acceptors (Lipinski definition) is 8. The fourth-order valence-electron chi connectivity index (χ4n) is 5.22. The number of aliphatic hydroxyl groups excluding tert-OH is 1. The first-order valence-corrected chi connectivity index (χ1v) is 14.2. The molecular weight excluding hydrogens is 538 g/mol. The van der Waals surface area contributed by atoms with Crippen LogP contribution in [0, 0.1) is 11.8 Å². The zero-order valence-corrected chi connectivity index (χ0v) is 25.8. The van der Waals surface area contributed by atoms with Crippen LogP contribution in [0.2, 0.25) is 0 Å². The van der Waals surface area contributed by atoms with Crippen molar-refractivity contribution in [1.82, 2.24) is 5.32 Å². The summed E-state index contributed by atoms with van der Waals surface area (Å²) in [6, 6.07) is 0. The number of allylic oxidation sites excluding steroid dienone is 6. The van der Waals surface area contributed by atoms with E-state index in [1.54, 1.807) is 38.2 Å². The Kier molecular flexibility index (Phi) is 13.5. The molecule has 0 fully saturated rings. The summed E-state index contributed by atoms with van der Waals surface area (Å²) in [7, 11) is 2.99. The lowest BCUT2D eigenvalue weighted by molar-refractivity contribution is -0.149. The molecule has 2 N–H and O–H groups in total. The van der Waals surface area contributed by atoms with Crippen LogP contribution in [-0.2, 0) is 33.4 Å². The lowest BCUT2D eigenvalue weighted by Crippen LogP contribution is -2.36. The van der Waals surface area contributed by atoms with Crippen LogP contribution in [0.3, 0.4) is 0 Å². The predicted octanol–water partition coefficient (Wildman–Crippen LogP) is 4.24. The van der Waals surface area contributed by atoms with Gasteiger partial charge in [-0.3, -0.25) is 19.2 Å². The highest BCUT2D eigenvalue weighted by Crippen LogP contribution is 2.31. The second kappa shape index (κ2) is 16.3. The van der Waals surface area contributed by atoms with Gasteiger partial charge in [-0.15, -0.1) is 6.58 Å². The summed E-state index contributed by atoms with van der Waals surface area (Å²) < 4.78 is 16.9. The lowest BCUT2D eigenvalue weighted by atomic mass is 9.82. The van der Waals surface area contributed by atoms with Crippen molar-refractivity contribution in [2.75, 3.05) is 14.2 Å². The highest BCUT2D eigenvalue weighted by Gasteiger charge is 2.33. The van der Waals surface area contributed by atoms with Gasteiger partial charge in [-0.05, 0) is 51.0 Å². The molecule has 2 aliphatic rings. The standard InChI is InChI=1S/C33H45NO8/c1-9-10-13-24-25-15-19(2)16-29(41-8)30(37)21(4)17-22(5)32(42-23(6)35)28(40-7)14-11-12-20(3)33(39)34-26(31(25)38)18-27(24)36/h9,11-12,14,17-19,21,28-30,32,37H,1,10,13,15-16H2,2-8H3,(H,34,39)/b14-11-,20-12+,22-17+/t19-,21+,28+,29+,30-,32+/m1/s1. The van der Waals surface area contributed by atoms with Crippen LogP contribution in [0.15, 0.2) is 71.0 Å². The van der Waals surface area contributed by atoms with Gasteiger partial charge in [0, 0.05) is 49.9 Å². The van der Waals surface area contributed by atoms with Crippen LogP contribution in [0.5, 0.6) is 0 Å². The topological polar surface area (TPSA) is 128 Å². The van der Waals surface area contributed by atoms with Gasteiger partial charge in [-0.25, -0.2) is 0 Å². The average molecular weight is 584 g/mol. The number of fused-ring (bicyclic) bond motifs is 2. The molecule has 0 aromatic carbocycles. The molecule has 0 saturated carbocycles. The summed E-state index contributed by atoms with van der Waals surface area (Å²) in [5, 5.41) is 13.9. The van der Waals surface area contributed by atoms with Crippen molar-refractivity contribution in [3.63, 3.8) is 0 Å². The number of amides is 1. The van der Waals surface area contributed by atoms with Crippen LogP contribution in [0.25, 0.3) is 0 Å². The van der Waals surface area contributed by atoms with Crippen molar-refractivity contribution in [2.45, 2.75) is 84.7 Å². The maximum absolute atomic E-state index is 13.6. The van der Waals surface area contributed by atoms with E-state index in [2.05, 4.69) is 11.9 Å². The monoisotopic (exact) mass is 583 g/mol. The normalized spacial score (nSPS) is 31.7. The number of hydrogen-bond donors (Lipinski definition) is 2. The first kappa shape index (κ1) is 34.8. The first-order chi connectivity index (χ1) is 19.8. The molecule has 0 aromatic rings. The molecule has 1 aliphatic heterocycles. The summed E-state index contributed by atoms with van der Waals surface area (Å²) in [6.45, 7) is 12.2. The molecule has 2 rings (SSSR count). The van der Waals surface area contributed by atoms with Crippen molar-refractivity contribution in [2.24, 2.45) is 11.8 Å². The van der Waals surface area contributed by atoms with Crippen LogP contribution >= 0.6 is 0 Å². The molecule has 0 radical (unpaired) electrons. The zero-order valence-electron chi connectivity index (χ0n) is 25.8. The van der Waals surface area contributed by atoms with Gasteiger partial charge >= 0.3 is 5.97 Å². The van der Waals surface area contributed by atoms with Crippen molar-refractivity contribution in [3.8, 4) is 0 Å². The maximum Gasteiger partial charge on any atom is 0.303 e. The van der Waals surface area contributed by atoms with Gasteiger partial charge < -0.3 is 24.6 Å². The molecule has 230 valence electrons. The first-order valence-electron chi connectivity index (χ1n) is 14.2. The lowest BCUT2D eigenvalue weighted by Gasteiger charge is -2.30. The largest absolute Gasteiger partial charge is 0.455 e. The number of rotatable bonds is 6. The van der Waals surface area contributed by atoms with E-state index in [-0.39, 0.29) is 35.3 Å². The maximum atomic E-state index is 13.6. The Morgan fingerprint density at radius 1 is 1.17 bits per heavy atom. The second-order valence-electron chi connectivity index (χ2n) is 11.0. The number of carbonyl (C=O) groups is 4. The van der Waals surface area contributed by atoms with Crippen LogP contribution in [-0.4, -0.2) is 67.2 Å². The van der Waals surface area contributed by atoms with E-state index >= 15 is 0 Å². The number of Topliss-reactive ketones (excluding diaryl/α,β-unsaturated/α-hetero) is 1. The third kappa shape index (κ3) is 9.31. The highest BCUT2D eigenvalue weighted by atomic mass is 16.6. The minimum atomic E-state index is -0.915. The van der Waals surface area contributed by atoms with E-state index in [1.165, 1.54) is 27.2 Å². The molecule has 0 unspecified atom stereocenters. The average Bonchev–Trinajstić information content (AvgIpc) is 2.94. The quantitative estimate of drug-likeness (QED) is 0.270. The van der Waals surface area contributed by atoms with Crippen LogP contribution in [0.1, 0.15) is 60.3 Å². The Bertz CT molecular complexity index is 1200. The van der Waals surface area contributed by atoms with Gasteiger partial charge in [0.2, 0.25) is 5.78 Å². The van der Waals surface area contributed by atoms with Crippen LogP contribution < -0.4 is 5.32 Å². The van der Waals surface area contributed by atoms with E-state index in [0.717, 1.165) is 0 Å². The molecule has 0 saturated heterocycles. The third-order valence-corrected chi connectivity index (χ3v) is 7.56. The van der Waals surface area contributed by atoms with E-state index < -0.39 is 42.1 Å². The fraction of sp³-hybridized carbons (Fsp3) is 0.515. The Morgan fingerprint density at radius 3 is 2.45 bits per heavy atom. The smallest absolute Gasteiger partial charge is 0.303 e. The zero-order chi connectivity index (χ0) is 31.6. The molecule has 9 nitrogen and oxygen atoms in total. The molecule has 0 aromatic heterocycles. The summed E-state index contributed by atoms with van der Waals surface area (Å²) in [6.07, 6.45) is 8.07. The number of ether oxygens (including phenoxy) is 3. The number of methoxy groups -OCH3 is 2. The number of nitrogens with one attached hydrogen (secondary N) is 1. The van der Waals surface area contributed by atoms with E-state index in [4.69, 9.17) is 14.2 Å². The minimum Gasteiger partial charge on any atom is -0.455 e. The molecule has 9 heteroatoms. The Hall–Kier alpha value is -3.40. The summed E-state index contributed by atoms with van der Waals surface area (Å²) >= 11 is 0. The molecule has 1 aliphatic carbocycles. The van der Waals surface area contributed by atoms with Gasteiger partial charge in [0.05, 0.1) is 17.9 Å². The summed E-state index contributed by atoms with van der Waals surface area (Å²) in [5.74, 6) is -2.29. The molecule has 1 amide bonds. The molecule has 6 atom stereocenters. The van der Waals surface area contributed by atoms with Crippen LogP contribution in [0.4, 0.5) is 0 Å². The third-order valence-electron chi connectivity index (χ3n) is 7.56. The van der Waals surface area contributed by atoms with Crippen molar-refractivity contribution in [1.29, 1.82) is 0 Å². The molecular formula is C33H45NO8. The van der Waals surface area contributed by atoms with Gasteiger partial charge in [0.15, 0.2) is 11.9 Å². The van der Waals surface area contributed by atoms with Crippen molar-refractivity contribution in [3.05, 3.63) is 71.0 Å². The minimum absolute atomic E-state index is 0.0781. The second-order valence-corrected chi connectivity index (χ2v) is 11.0. The predicted molar refractivity (Wildman–Crippen MR) is 160 cm³/mol. The molecule has 0 spiro atoms. The Balaban J connectivity index is 2.62. The van der Waals surface area contributed by atoms with Crippen molar-refractivity contribution < 1.29 is 38.5 Å². The fourth-order valence-corrected chi connectivity index (χ4v) is 5.22. The van der Waals surface area contributed by atoms with E-state index in [1.807, 2.05) is 19.9 Å². The summed E-state index contributed by atoms with van der Waals surface area (Å²) in [4.78, 5) is 51.7. The van der Waals surface area contributed by atoms with Gasteiger partial charge in [-0.1, -0.05) is 44.2 Å². The van der Waals surface area contributed by atoms with Gasteiger partial charge in [0.25, 0.3) is 5.91 Å². The molecule has 2 bridgehead atoms. The Labute approximate surface area is 249 Å². The molecule has 42 heavy (non-hydrogen) atoms. The number of ketones is 2. The van der Waals surface area contributed by atoms with E-state index in [9.17, 15) is 24.3 Å². The highest BCUT2D eigenvalue weighted by molar-refractivity contribution is 6.23. The van der Waals surface area contributed by atoms with Gasteiger partial charge in [0.1, 0.15) is 6.10 Å². The number of carbonyl (C=O) groups excluding carboxylic acids is 4. The number of aliphatic hydroxyl groups is 1.